The molecular formula is C25H19ClN2O. The summed E-state index contributed by atoms with van der Waals surface area (Å²) in [5.74, 6) is 0.834. The Hall–Kier alpha value is -3.35. The Morgan fingerprint density at radius 2 is 1.86 bits per heavy atom. The fourth-order valence-corrected chi connectivity index (χ4v) is 3.45. The van der Waals surface area contributed by atoms with Crippen LogP contribution in [-0.4, -0.2) is 12.3 Å². The molecule has 142 valence electrons. The second-order valence-electron chi connectivity index (χ2n) is 6.78. The van der Waals surface area contributed by atoms with Gasteiger partial charge in [-0.2, -0.15) is 5.26 Å². The Morgan fingerprint density at radius 3 is 2.66 bits per heavy atom. The van der Waals surface area contributed by atoms with Gasteiger partial charge in [-0.25, -0.2) is 0 Å². The average Bonchev–Trinajstić information content (AvgIpc) is 2.77. The summed E-state index contributed by atoms with van der Waals surface area (Å²) in [6.45, 7) is 1.20. The van der Waals surface area contributed by atoms with Crippen LogP contribution in [0.25, 0.3) is 6.08 Å². The molecule has 0 saturated heterocycles. The zero-order chi connectivity index (χ0) is 20.1. The zero-order valence-corrected chi connectivity index (χ0v) is 16.6. The van der Waals surface area contributed by atoms with E-state index in [2.05, 4.69) is 23.2 Å². The minimum absolute atomic E-state index is 0.442. The van der Waals surface area contributed by atoms with E-state index < -0.39 is 0 Å². The maximum Gasteiger partial charge on any atom is 0.120 e. The van der Waals surface area contributed by atoms with Crippen LogP contribution >= 0.6 is 11.6 Å². The maximum absolute atomic E-state index is 8.91. The molecule has 0 spiro atoms. The van der Waals surface area contributed by atoms with Crippen LogP contribution in [0.5, 0.6) is 5.75 Å². The number of hydrogen-bond acceptors (Lipinski definition) is 3. The van der Waals surface area contributed by atoms with Gasteiger partial charge in [-0.05, 0) is 60.0 Å². The predicted molar refractivity (Wildman–Crippen MR) is 118 cm³/mol. The van der Waals surface area contributed by atoms with E-state index in [0.29, 0.717) is 17.2 Å². The molecule has 0 fully saturated rings. The summed E-state index contributed by atoms with van der Waals surface area (Å²) >= 11 is 6.21. The molecule has 0 aliphatic carbocycles. The van der Waals surface area contributed by atoms with E-state index in [1.807, 2.05) is 66.7 Å². The number of allylic oxidation sites excluding steroid dienone is 1. The number of rotatable bonds is 5. The molecule has 4 heteroatoms. The minimum Gasteiger partial charge on any atom is -0.489 e. The lowest BCUT2D eigenvalue weighted by Gasteiger charge is -2.16. The first-order chi connectivity index (χ1) is 14.2. The van der Waals surface area contributed by atoms with E-state index in [-0.39, 0.29) is 0 Å². The first-order valence-electron chi connectivity index (χ1n) is 9.45. The van der Waals surface area contributed by atoms with Crippen molar-refractivity contribution in [2.24, 2.45) is 4.99 Å². The number of ether oxygens (including phenoxy) is 1. The lowest BCUT2D eigenvalue weighted by molar-refractivity contribution is 0.306. The van der Waals surface area contributed by atoms with Crippen molar-refractivity contribution in [2.45, 2.75) is 13.0 Å². The molecule has 0 atom stereocenters. The average molecular weight is 399 g/mol. The summed E-state index contributed by atoms with van der Waals surface area (Å²) < 4.78 is 5.96. The van der Waals surface area contributed by atoms with Gasteiger partial charge in [-0.3, -0.25) is 4.99 Å². The number of aliphatic imine (C=N–C) groups is 1. The fraction of sp³-hybridized carbons (Fsp3) is 0.120. The Bertz CT molecular complexity index is 1120. The molecule has 0 radical (unpaired) electrons. The van der Waals surface area contributed by atoms with E-state index in [1.54, 1.807) is 0 Å². The van der Waals surface area contributed by atoms with Gasteiger partial charge in [0.25, 0.3) is 0 Å². The van der Waals surface area contributed by atoms with Gasteiger partial charge in [0.15, 0.2) is 0 Å². The van der Waals surface area contributed by atoms with Crippen molar-refractivity contribution < 1.29 is 4.74 Å². The highest BCUT2D eigenvalue weighted by Crippen LogP contribution is 2.25. The monoisotopic (exact) mass is 398 g/mol. The van der Waals surface area contributed by atoms with Crippen LogP contribution in [0.1, 0.15) is 27.8 Å². The smallest absolute Gasteiger partial charge is 0.120 e. The summed E-state index contributed by atoms with van der Waals surface area (Å²) in [5.41, 5.74) is 6.00. The number of nitriles is 1. The minimum atomic E-state index is 0.442. The van der Waals surface area contributed by atoms with Crippen molar-refractivity contribution in [2.75, 3.05) is 6.54 Å². The Balaban J connectivity index is 1.48. The lowest BCUT2D eigenvalue weighted by Crippen LogP contribution is -2.11. The highest BCUT2D eigenvalue weighted by Gasteiger charge is 2.13. The van der Waals surface area contributed by atoms with E-state index >= 15 is 0 Å². The molecule has 1 heterocycles. The first kappa shape index (κ1) is 19.0. The van der Waals surface area contributed by atoms with Gasteiger partial charge in [0, 0.05) is 22.7 Å². The van der Waals surface area contributed by atoms with Crippen molar-refractivity contribution in [3.8, 4) is 11.8 Å². The molecule has 0 saturated carbocycles. The van der Waals surface area contributed by atoms with Crippen LogP contribution in [0, 0.1) is 11.3 Å². The topological polar surface area (TPSA) is 45.4 Å². The van der Waals surface area contributed by atoms with Crippen molar-refractivity contribution in [3.05, 3.63) is 106 Å². The van der Waals surface area contributed by atoms with Gasteiger partial charge in [-0.1, -0.05) is 48.0 Å². The van der Waals surface area contributed by atoms with Crippen LogP contribution in [0.15, 0.2) is 77.8 Å². The number of halogens is 1. The van der Waals surface area contributed by atoms with Gasteiger partial charge >= 0.3 is 0 Å². The summed E-state index contributed by atoms with van der Waals surface area (Å²) in [4.78, 5) is 4.67. The van der Waals surface area contributed by atoms with Crippen molar-refractivity contribution in [1.29, 1.82) is 5.26 Å². The van der Waals surface area contributed by atoms with Crippen molar-refractivity contribution >= 4 is 23.4 Å². The summed E-state index contributed by atoms with van der Waals surface area (Å²) in [7, 11) is 0. The van der Waals surface area contributed by atoms with Crippen molar-refractivity contribution in [3.63, 3.8) is 0 Å². The van der Waals surface area contributed by atoms with E-state index in [4.69, 9.17) is 21.6 Å². The highest BCUT2D eigenvalue weighted by atomic mass is 35.5. The molecule has 4 rings (SSSR count). The van der Waals surface area contributed by atoms with Gasteiger partial charge in [0.2, 0.25) is 0 Å². The Morgan fingerprint density at radius 1 is 1.03 bits per heavy atom. The Kier molecular flexibility index (Phi) is 5.74. The van der Waals surface area contributed by atoms with E-state index in [0.717, 1.165) is 41.1 Å². The molecule has 0 N–H and O–H groups in total. The second kappa shape index (κ2) is 8.77. The molecular weight excluding hydrogens is 380 g/mol. The third-order valence-electron chi connectivity index (χ3n) is 4.84. The van der Waals surface area contributed by atoms with Gasteiger partial charge in [-0.15, -0.1) is 0 Å². The zero-order valence-electron chi connectivity index (χ0n) is 15.8. The molecule has 1 aliphatic rings. The number of nitrogens with zero attached hydrogens (tertiary/aromatic N) is 2. The van der Waals surface area contributed by atoms with E-state index in [1.165, 1.54) is 5.56 Å². The number of benzene rings is 3. The lowest BCUT2D eigenvalue weighted by atomic mass is 9.96. The normalized spacial score (nSPS) is 12.9. The molecule has 0 unspecified atom stereocenters. The van der Waals surface area contributed by atoms with Gasteiger partial charge in [0.1, 0.15) is 12.4 Å². The first-order valence-corrected chi connectivity index (χ1v) is 9.83. The van der Waals surface area contributed by atoms with Crippen LogP contribution in [0.2, 0.25) is 5.02 Å². The summed E-state index contributed by atoms with van der Waals surface area (Å²) in [6.07, 6.45) is 4.95. The highest BCUT2D eigenvalue weighted by molar-refractivity contribution is 6.31. The molecule has 1 aliphatic heterocycles. The molecule has 0 aromatic heterocycles. The van der Waals surface area contributed by atoms with E-state index in [9.17, 15) is 0 Å². The van der Waals surface area contributed by atoms with Crippen LogP contribution in [0.4, 0.5) is 0 Å². The summed E-state index contributed by atoms with van der Waals surface area (Å²) in [5, 5.41) is 9.62. The number of hydrogen-bond donors (Lipinski definition) is 0. The van der Waals surface area contributed by atoms with Crippen LogP contribution < -0.4 is 4.74 Å². The fourth-order valence-electron chi connectivity index (χ4n) is 3.26. The molecule has 0 amide bonds. The Labute approximate surface area is 175 Å². The summed E-state index contributed by atoms with van der Waals surface area (Å²) in [6, 6.07) is 23.5. The molecule has 3 nitrogen and oxygen atoms in total. The second-order valence-corrected chi connectivity index (χ2v) is 7.19. The van der Waals surface area contributed by atoms with Crippen LogP contribution in [-0.2, 0) is 13.0 Å². The molecule has 0 bridgehead atoms. The standard InChI is InChI=1S/C25H19ClN2O/c26-24-4-2-1-3-21(24)17-29-22-10-11-23-20(15-22)13-14-28-25(23)12-9-18-5-7-19(16-27)8-6-18/h1-12,15H,13-14,17H2. The SMILES string of the molecule is N#Cc1ccc(C=CC2=NCCc3cc(OCc4ccccc4Cl)ccc32)cc1. The van der Waals surface area contributed by atoms with Gasteiger partial charge in [0.05, 0.1) is 17.3 Å². The number of fused-ring (bicyclic) bond motifs is 1. The third kappa shape index (κ3) is 4.56. The maximum atomic E-state index is 8.91. The van der Waals surface area contributed by atoms with Crippen molar-refractivity contribution in [1.82, 2.24) is 0 Å². The predicted octanol–water partition coefficient (Wildman–Crippen LogP) is 5.85. The third-order valence-corrected chi connectivity index (χ3v) is 5.21. The molecule has 3 aromatic rings. The largest absolute Gasteiger partial charge is 0.489 e. The quantitative estimate of drug-likeness (QED) is 0.541. The molecule has 3 aromatic carbocycles. The molecule has 29 heavy (non-hydrogen) atoms. The van der Waals surface area contributed by atoms with Gasteiger partial charge < -0.3 is 4.74 Å². The van der Waals surface area contributed by atoms with Crippen LogP contribution in [0.3, 0.4) is 0 Å².